The summed E-state index contributed by atoms with van der Waals surface area (Å²) in [4.78, 5) is 37.9. The summed E-state index contributed by atoms with van der Waals surface area (Å²) >= 11 is 0. The fourth-order valence-electron chi connectivity index (χ4n) is 3.99. The lowest BCUT2D eigenvalue weighted by atomic mass is 10.0. The molecule has 28 heavy (non-hydrogen) atoms. The molecule has 4 rings (SSSR count). The molecule has 1 aromatic carbocycles. The van der Waals surface area contributed by atoms with Crippen molar-refractivity contribution in [3.05, 3.63) is 34.9 Å². The highest BCUT2D eigenvalue weighted by Gasteiger charge is 2.39. The van der Waals surface area contributed by atoms with Gasteiger partial charge in [0.05, 0.1) is 6.10 Å². The van der Waals surface area contributed by atoms with E-state index in [1.54, 1.807) is 4.90 Å². The molecule has 150 valence electrons. The second-order valence-electron chi connectivity index (χ2n) is 7.57. The maximum atomic E-state index is 12.8. The number of amides is 3. The first-order valence-electron chi connectivity index (χ1n) is 9.91. The maximum Gasteiger partial charge on any atom is 0.255 e. The Balaban J connectivity index is 1.36. The number of nitrogens with zero attached hydrogens (tertiary/aromatic N) is 1. The van der Waals surface area contributed by atoms with Gasteiger partial charge >= 0.3 is 0 Å². The highest BCUT2D eigenvalue weighted by atomic mass is 16.5. The van der Waals surface area contributed by atoms with Crippen LogP contribution in [0, 0.1) is 0 Å². The second kappa shape index (κ2) is 8.38. The number of hydrogen-bond acceptors (Lipinski definition) is 6. The fraction of sp³-hybridized carbons (Fsp3) is 0.550. The Morgan fingerprint density at radius 2 is 2.14 bits per heavy atom. The molecule has 2 fully saturated rings. The van der Waals surface area contributed by atoms with Gasteiger partial charge in [0, 0.05) is 44.8 Å². The van der Waals surface area contributed by atoms with E-state index in [2.05, 4.69) is 16.0 Å². The molecule has 3 aliphatic rings. The van der Waals surface area contributed by atoms with Crippen LogP contribution in [0.1, 0.15) is 40.7 Å². The van der Waals surface area contributed by atoms with E-state index in [9.17, 15) is 14.4 Å². The lowest BCUT2D eigenvalue weighted by Gasteiger charge is -2.29. The molecule has 3 amide bonds. The Morgan fingerprint density at radius 3 is 3.00 bits per heavy atom. The van der Waals surface area contributed by atoms with Crippen LogP contribution in [-0.4, -0.2) is 61.0 Å². The largest absolute Gasteiger partial charge is 0.376 e. The van der Waals surface area contributed by atoms with Crippen LogP contribution in [0.5, 0.6) is 0 Å². The summed E-state index contributed by atoms with van der Waals surface area (Å²) in [6, 6.07) is 5.31. The third-order valence-electron chi connectivity index (χ3n) is 5.52. The Morgan fingerprint density at radius 1 is 1.25 bits per heavy atom. The van der Waals surface area contributed by atoms with Gasteiger partial charge in [0.15, 0.2) is 0 Å². The minimum Gasteiger partial charge on any atom is -0.376 e. The summed E-state index contributed by atoms with van der Waals surface area (Å²) in [5.41, 5.74) is 2.60. The topological polar surface area (TPSA) is 99.8 Å². The molecule has 1 aromatic rings. The first-order valence-corrected chi connectivity index (χ1v) is 9.91. The molecule has 0 spiro atoms. The number of carbonyl (C=O) groups is 3. The van der Waals surface area contributed by atoms with Crippen LogP contribution in [0.4, 0.5) is 0 Å². The van der Waals surface area contributed by atoms with E-state index in [0.717, 1.165) is 43.8 Å². The minimum atomic E-state index is -0.570. The van der Waals surface area contributed by atoms with Crippen LogP contribution in [0.3, 0.4) is 0 Å². The molecule has 0 radical (unpaired) electrons. The number of ether oxygens (including phenoxy) is 1. The highest BCUT2D eigenvalue weighted by molar-refractivity contribution is 6.05. The molecule has 2 saturated heterocycles. The molecule has 2 atom stereocenters. The number of nitrogens with one attached hydrogen (secondary N) is 3. The van der Waals surface area contributed by atoms with Crippen molar-refractivity contribution in [2.45, 2.75) is 44.5 Å². The van der Waals surface area contributed by atoms with Gasteiger partial charge in [0.2, 0.25) is 11.8 Å². The van der Waals surface area contributed by atoms with Crippen molar-refractivity contribution in [1.29, 1.82) is 0 Å². The second-order valence-corrected chi connectivity index (χ2v) is 7.57. The normalized spacial score (nSPS) is 25.4. The fourth-order valence-corrected chi connectivity index (χ4v) is 3.99. The summed E-state index contributed by atoms with van der Waals surface area (Å²) in [7, 11) is 0. The van der Waals surface area contributed by atoms with Gasteiger partial charge in [-0.25, -0.2) is 0 Å². The molecule has 0 aromatic heterocycles. The van der Waals surface area contributed by atoms with Crippen LogP contribution < -0.4 is 16.0 Å². The standard InChI is InChI=1S/C20H26N4O4/c25-18-5-4-17(19(26)23-18)24-12-14-3-2-13(8-16(14)20(24)27)9-22-11-15-10-21-6-1-7-28-15/h2-3,8,15,17,21-22H,1,4-7,9-12H2,(H,23,25,26). The van der Waals surface area contributed by atoms with Gasteiger partial charge in [0.25, 0.3) is 5.91 Å². The summed E-state index contributed by atoms with van der Waals surface area (Å²) in [6.07, 6.45) is 1.84. The van der Waals surface area contributed by atoms with E-state index in [1.165, 1.54) is 0 Å². The van der Waals surface area contributed by atoms with Crippen LogP contribution in [0.2, 0.25) is 0 Å². The maximum absolute atomic E-state index is 12.8. The molecule has 2 unspecified atom stereocenters. The van der Waals surface area contributed by atoms with E-state index < -0.39 is 6.04 Å². The highest BCUT2D eigenvalue weighted by Crippen LogP contribution is 2.28. The van der Waals surface area contributed by atoms with Crippen LogP contribution in [0.25, 0.3) is 0 Å². The molecule has 3 heterocycles. The Kier molecular flexibility index (Phi) is 5.70. The SMILES string of the molecule is O=C1CCC(N2Cc3ccc(CNCC4CNCCCO4)cc3C2=O)C(=O)N1. The van der Waals surface area contributed by atoms with Crippen molar-refractivity contribution in [2.75, 3.05) is 26.2 Å². The molecule has 0 saturated carbocycles. The third-order valence-corrected chi connectivity index (χ3v) is 5.52. The molecule has 8 nitrogen and oxygen atoms in total. The quantitative estimate of drug-likeness (QED) is 0.612. The van der Waals surface area contributed by atoms with Crippen molar-refractivity contribution in [1.82, 2.24) is 20.9 Å². The molecule has 0 bridgehead atoms. The zero-order valence-corrected chi connectivity index (χ0v) is 15.8. The molecular weight excluding hydrogens is 360 g/mol. The molecule has 0 aliphatic carbocycles. The predicted molar refractivity (Wildman–Crippen MR) is 101 cm³/mol. The number of hydrogen-bond donors (Lipinski definition) is 3. The number of piperidine rings is 1. The van der Waals surface area contributed by atoms with E-state index in [0.29, 0.717) is 25.1 Å². The Labute approximate surface area is 164 Å². The van der Waals surface area contributed by atoms with Crippen LogP contribution in [-0.2, 0) is 27.4 Å². The summed E-state index contributed by atoms with van der Waals surface area (Å²) < 4.78 is 5.78. The van der Waals surface area contributed by atoms with E-state index in [4.69, 9.17) is 4.74 Å². The monoisotopic (exact) mass is 386 g/mol. The lowest BCUT2D eigenvalue weighted by molar-refractivity contribution is -0.136. The van der Waals surface area contributed by atoms with Gasteiger partial charge in [-0.3, -0.25) is 19.7 Å². The van der Waals surface area contributed by atoms with Crippen molar-refractivity contribution in [3.63, 3.8) is 0 Å². The smallest absolute Gasteiger partial charge is 0.255 e. The van der Waals surface area contributed by atoms with E-state index >= 15 is 0 Å². The minimum absolute atomic E-state index is 0.136. The Hall–Kier alpha value is -2.29. The van der Waals surface area contributed by atoms with Gasteiger partial charge in [-0.05, 0) is 36.6 Å². The zero-order chi connectivity index (χ0) is 19.5. The van der Waals surface area contributed by atoms with Crippen molar-refractivity contribution >= 4 is 17.7 Å². The number of carbonyl (C=O) groups excluding carboxylic acids is 3. The predicted octanol–water partition coefficient (Wildman–Crippen LogP) is -0.0843. The Bertz CT molecular complexity index is 773. The van der Waals surface area contributed by atoms with Crippen molar-refractivity contribution < 1.29 is 19.1 Å². The number of fused-ring (bicyclic) bond motifs is 1. The van der Waals surface area contributed by atoms with Crippen molar-refractivity contribution in [3.8, 4) is 0 Å². The summed E-state index contributed by atoms with van der Waals surface area (Å²) in [6.45, 7) is 4.43. The third kappa shape index (κ3) is 4.09. The molecule has 3 aliphatic heterocycles. The van der Waals surface area contributed by atoms with Gasteiger partial charge in [-0.1, -0.05) is 12.1 Å². The zero-order valence-electron chi connectivity index (χ0n) is 15.8. The average molecular weight is 386 g/mol. The molecule has 8 heteroatoms. The van der Waals surface area contributed by atoms with Crippen molar-refractivity contribution in [2.24, 2.45) is 0 Å². The first-order chi connectivity index (χ1) is 13.6. The number of benzene rings is 1. The average Bonchev–Trinajstić information content (AvgIpc) is 2.85. The first kappa shape index (κ1) is 19.0. The van der Waals surface area contributed by atoms with Gasteiger partial charge in [-0.15, -0.1) is 0 Å². The van der Waals surface area contributed by atoms with Gasteiger partial charge in [0.1, 0.15) is 6.04 Å². The molecule has 3 N–H and O–H groups in total. The summed E-state index contributed by atoms with van der Waals surface area (Å²) in [5, 5.41) is 9.09. The number of rotatable bonds is 5. The van der Waals surface area contributed by atoms with Gasteiger partial charge in [-0.2, -0.15) is 0 Å². The lowest BCUT2D eigenvalue weighted by Crippen LogP contribution is -2.52. The van der Waals surface area contributed by atoms with Gasteiger partial charge < -0.3 is 20.3 Å². The summed E-state index contributed by atoms with van der Waals surface area (Å²) in [5.74, 6) is -0.787. The van der Waals surface area contributed by atoms with Crippen LogP contribution >= 0.6 is 0 Å². The van der Waals surface area contributed by atoms with E-state index in [-0.39, 0.29) is 30.2 Å². The van der Waals surface area contributed by atoms with E-state index in [1.807, 2.05) is 18.2 Å². The van der Waals surface area contributed by atoms with Crippen LogP contribution in [0.15, 0.2) is 18.2 Å². The number of imide groups is 1. The molecular formula is C20H26N4O4.